The Kier molecular flexibility index (Phi) is 10.6. The zero-order valence-electron chi connectivity index (χ0n) is 22.6. The molecule has 0 spiro atoms. The maximum atomic E-state index is 13.9. The highest BCUT2D eigenvalue weighted by Crippen LogP contribution is 2.25. The molecule has 2 amide bonds. The first-order valence-corrected chi connectivity index (χ1v) is 14.6. The number of carbonyl (C=O) groups excluding carboxylic acids is 2. The highest BCUT2D eigenvalue weighted by molar-refractivity contribution is 7.92. The summed E-state index contributed by atoms with van der Waals surface area (Å²) < 4.78 is 42.2. The molecule has 3 aromatic carbocycles. The van der Waals surface area contributed by atoms with Crippen molar-refractivity contribution < 1.29 is 22.4 Å². The highest BCUT2D eigenvalue weighted by Gasteiger charge is 2.33. The van der Waals surface area contributed by atoms with Gasteiger partial charge in [-0.1, -0.05) is 63.2 Å². The fourth-order valence-corrected chi connectivity index (χ4v) is 5.65. The summed E-state index contributed by atoms with van der Waals surface area (Å²) in [5.41, 5.74) is 1.99. The average molecular weight is 554 g/mol. The standard InChI is InChI=1S/C30H36FN3O4S/c1-4-20-32-30(36)28(6-3)33(21-24-12-16-25(31)17-13-24)29(35)22-34(26-18-14-23(5-2)15-19-26)39(37,38)27-10-8-7-9-11-27/h7-19,28H,4-6,20-22H2,1-3H3,(H,32,36)/t28-/m1/s1. The van der Waals surface area contributed by atoms with E-state index in [1.807, 2.05) is 26.0 Å². The van der Waals surface area contributed by atoms with Crippen LogP contribution in [0.2, 0.25) is 0 Å². The number of halogens is 1. The minimum atomic E-state index is -4.11. The third-order valence-electron chi connectivity index (χ3n) is 6.44. The second-order valence-corrected chi connectivity index (χ2v) is 11.1. The van der Waals surface area contributed by atoms with Crippen molar-refractivity contribution >= 4 is 27.5 Å². The van der Waals surface area contributed by atoms with E-state index >= 15 is 0 Å². The topological polar surface area (TPSA) is 86.8 Å². The molecule has 9 heteroatoms. The van der Waals surface area contributed by atoms with Crippen LogP contribution >= 0.6 is 0 Å². The molecule has 208 valence electrons. The molecule has 0 aliphatic heterocycles. The normalized spacial score (nSPS) is 12.0. The minimum absolute atomic E-state index is 0.0190. The van der Waals surface area contributed by atoms with E-state index in [0.717, 1.165) is 22.7 Å². The molecule has 0 aliphatic rings. The number of anilines is 1. The minimum Gasteiger partial charge on any atom is -0.354 e. The Morgan fingerprint density at radius 1 is 0.872 bits per heavy atom. The molecule has 0 fully saturated rings. The van der Waals surface area contributed by atoms with Crippen molar-refractivity contribution in [1.29, 1.82) is 0 Å². The van der Waals surface area contributed by atoms with Crippen molar-refractivity contribution in [2.75, 3.05) is 17.4 Å². The van der Waals surface area contributed by atoms with Crippen molar-refractivity contribution in [2.24, 2.45) is 0 Å². The summed E-state index contributed by atoms with van der Waals surface area (Å²) >= 11 is 0. The lowest BCUT2D eigenvalue weighted by Crippen LogP contribution is -2.52. The predicted octanol–water partition coefficient (Wildman–Crippen LogP) is 4.92. The van der Waals surface area contributed by atoms with Crippen LogP contribution in [0.5, 0.6) is 0 Å². The first kappa shape index (κ1) is 29.8. The van der Waals surface area contributed by atoms with E-state index in [-0.39, 0.29) is 17.3 Å². The van der Waals surface area contributed by atoms with Gasteiger partial charge in [0, 0.05) is 13.1 Å². The Balaban J connectivity index is 2.03. The molecule has 1 atom stereocenters. The highest BCUT2D eigenvalue weighted by atomic mass is 32.2. The summed E-state index contributed by atoms with van der Waals surface area (Å²) in [5, 5.41) is 2.84. The summed E-state index contributed by atoms with van der Waals surface area (Å²) in [6.45, 7) is 5.68. The van der Waals surface area contributed by atoms with Gasteiger partial charge >= 0.3 is 0 Å². The van der Waals surface area contributed by atoms with E-state index in [0.29, 0.717) is 24.2 Å². The van der Waals surface area contributed by atoms with Gasteiger partial charge in [-0.05, 0) is 66.8 Å². The Morgan fingerprint density at radius 2 is 1.49 bits per heavy atom. The van der Waals surface area contributed by atoms with Crippen LogP contribution in [0.15, 0.2) is 83.8 Å². The molecule has 0 unspecified atom stereocenters. The molecular formula is C30H36FN3O4S. The lowest BCUT2D eigenvalue weighted by molar-refractivity contribution is -0.140. The van der Waals surface area contributed by atoms with Crippen LogP contribution in [0.4, 0.5) is 10.1 Å². The maximum absolute atomic E-state index is 13.9. The van der Waals surface area contributed by atoms with Gasteiger partial charge < -0.3 is 10.2 Å². The van der Waals surface area contributed by atoms with Gasteiger partial charge in [-0.25, -0.2) is 12.8 Å². The number of nitrogens with one attached hydrogen (secondary N) is 1. The van der Waals surface area contributed by atoms with Gasteiger partial charge in [0.15, 0.2) is 0 Å². The molecule has 7 nitrogen and oxygen atoms in total. The molecule has 3 aromatic rings. The maximum Gasteiger partial charge on any atom is 0.264 e. The number of hydrogen-bond donors (Lipinski definition) is 1. The molecule has 1 N–H and O–H groups in total. The number of sulfonamides is 1. The van der Waals surface area contributed by atoms with Gasteiger partial charge in [-0.2, -0.15) is 0 Å². The fourth-order valence-electron chi connectivity index (χ4n) is 4.22. The summed E-state index contributed by atoms with van der Waals surface area (Å²) in [7, 11) is -4.11. The Bertz CT molecular complexity index is 1330. The largest absolute Gasteiger partial charge is 0.354 e. The van der Waals surface area contributed by atoms with E-state index in [1.54, 1.807) is 49.4 Å². The zero-order valence-corrected chi connectivity index (χ0v) is 23.5. The van der Waals surface area contributed by atoms with Crippen LogP contribution in [0.3, 0.4) is 0 Å². The van der Waals surface area contributed by atoms with Gasteiger partial charge in [-0.15, -0.1) is 0 Å². The molecular weight excluding hydrogens is 517 g/mol. The van der Waals surface area contributed by atoms with E-state index < -0.39 is 34.3 Å². The van der Waals surface area contributed by atoms with Gasteiger partial charge in [0.05, 0.1) is 10.6 Å². The molecule has 0 aliphatic carbocycles. The quantitative estimate of drug-likeness (QED) is 0.326. The predicted molar refractivity (Wildman–Crippen MR) is 151 cm³/mol. The molecule has 0 aromatic heterocycles. The van der Waals surface area contributed by atoms with E-state index in [4.69, 9.17) is 0 Å². The van der Waals surface area contributed by atoms with E-state index in [9.17, 15) is 22.4 Å². The first-order valence-electron chi connectivity index (χ1n) is 13.2. The lowest BCUT2D eigenvalue weighted by Gasteiger charge is -2.33. The van der Waals surface area contributed by atoms with Crippen molar-refractivity contribution in [3.63, 3.8) is 0 Å². The summed E-state index contributed by atoms with van der Waals surface area (Å²) in [6.07, 6.45) is 1.82. The number of carbonyl (C=O) groups is 2. The van der Waals surface area contributed by atoms with Crippen LogP contribution in [0.25, 0.3) is 0 Å². The SMILES string of the molecule is CCCNC(=O)[C@@H](CC)N(Cc1ccc(F)cc1)C(=O)CN(c1ccc(CC)cc1)S(=O)(=O)c1ccccc1. The summed E-state index contributed by atoms with van der Waals surface area (Å²) in [5.74, 6) is -1.28. The number of amides is 2. The van der Waals surface area contributed by atoms with Crippen LogP contribution in [-0.4, -0.2) is 44.3 Å². The number of rotatable bonds is 13. The third kappa shape index (κ3) is 7.66. The van der Waals surface area contributed by atoms with Gasteiger partial charge in [0.25, 0.3) is 10.0 Å². The second kappa shape index (κ2) is 13.9. The number of nitrogens with zero attached hydrogens (tertiary/aromatic N) is 2. The zero-order chi connectivity index (χ0) is 28.4. The van der Waals surface area contributed by atoms with Gasteiger partial charge in [0.2, 0.25) is 11.8 Å². The molecule has 0 saturated carbocycles. The smallest absolute Gasteiger partial charge is 0.264 e. The van der Waals surface area contributed by atoms with E-state index in [1.165, 1.54) is 29.2 Å². The lowest BCUT2D eigenvalue weighted by atomic mass is 10.1. The van der Waals surface area contributed by atoms with Crippen molar-refractivity contribution in [3.8, 4) is 0 Å². The van der Waals surface area contributed by atoms with Crippen molar-refractivity contribution in [2.45, 2.75) is 57.5 Å². The monoisotopic (exact) mass is 553 g/mol. The van der Waals surface area contributed by atoms with Crippen LogP contribution in [-0.2, 0) is 32.6 Å². The third-order valence-corrected chi connectivity index (χ3v) is 8.23. The second-order valence-electron chi connectivity index (χ2n) is 9.21. The van der Waals surface area contributed by atoms with Gasteiger partial charge in [-0.3, -0.25) is 13.9 Å². The molecule has 0 heterocycles. The fraction of sp³-hybridized carbons (Fsp3) is 0.333. The van der Waals surface area contributed by atoms with Crippen LogP contribution in [0, 0.1) is 5.82 Å². The molecule has 0 bridgehead atoms. The first-order chi connectivity index (χ1) is 18.7. The summed E-state index contributed by atoms with van der Waals surface area (Å²) in [6, 6.07) is 19.8. The van der Waals surface area contributed by atoms with Crippen molar-refractivity contribution in [3.05, 3.63) is 95.8 Å². The van der Waals surface area contributed by atoms with E-state index in [2.05, 4.69) is 5.32 Å². The Labute approximate surface area is 230 Å². The van der Waals surface area contributed by atoms with Crippen LogP contribution in [0.1, 0.15) is 44.7 Å². The van der Waals surface area contributed by atoms with Gasteiger partial charge in [0.1, 0.15) is 18.4 Å². The molecule has 39 heavy (non-hydrogen) atoms. The van der Waals surface area contributed by atoms with Crippen LogP contribution < -0.4 is 9.62 Å². The summed E-state index contributed by atoms with van der Waals surface area (Å²) in [4.78, 5) is 28.4. The Hall–Kier alpha value is -3.72. The Morgan fingerprint density at radius 3 is 2.05 bits per heavy atom. The number of aryl methyl sites for hydroxylation is 1. The molecule has 0 radical (unpaired) electrons. The van der Waals surface area contributed by atoms with Crippen molar-refractivity contribution in [1.82, 2.24) is 10.2 Å². The average Bonchev–Trinajstić information content (AvgIpc) is 2.96. The number of hydrogen-bond acceptors (Lipinski definition) is 4. The molecule has 3 rings (SSSR count). The molecule has 0 saturated heterocycles. The number of benzene rings is 3.